The fourth-order valence-corrected chi connectivity index (χ4v) is 3.28. The summed E-state index contributed by atoms with van der Waals surface area (Å²) in [5.41, 5.74) is 0.194. The van der Waals surface area contributed by atoms with E-state index in [2.05, 4.69) is 33.0 Å². The fourth-order valence-electron chi connectivity index (χ4n) is 3.28. The van der Waals surface area contributed by atoms with Crippen LogP contribution in [0.1, 0.15) is 47.0 Å². The lowest BCUT2D eigenvalue weighted by atomic mass is 9.64. The Balaban J connectivity index is 1.77. The van der Waals surface area contributed by atoms with Gasteiger partial charge in [-0.05, 0) is 26.7 Å². The quantitative estimate of drug-likeness (QED) is 0.798. The maximum Gasteiger partial charge on any atom is 0.222 e. The first kappa shape index (κ1) is 14.8. The maximum atomic E-state index is 11.6. The normalized spacial score (nSPS) is 31.4. The van der Waals surface area contributed by atoms with Gasteiger partial charge in [-0.3, -0.25) is 4.79 Å². The Hall–Kier alpha value is -0.610. The van der Waals surface area contributed by atoms with Gasteiger partial charge in [0.05, 0.1) is 6.10 Å². The van der Waals surface area contributed by atoms with E-state index in [9.17, 15) is 4.79 Å². The zero-order valence-electron chi connectivity index (χ0n) is 12.7. The lowest BCUT2D eigenvalue weighted by Gasteiger charge is -2.52. The van der Waals surface area contributed by atoms with Gasteiger partial charge in [0.2, 0.25) is 5.91 Å². The highest BCUT2D eigenvalue weighted by molar-refractivity contribution is 5.78. The van der Waals surface area contributed by atoms with Crippen molar-refractivity contribution in [3.63, 3.8) is 0 Å². The largest absolute Gasteiger partial charge is 0.378 e. The van der Waals surface area contributed by atoms with Crippen molar-refractivity contribution in [1.82, 2.24) is 10.2 Å². The van der Waals surface area contributed by atoms with Gasteiger partial charge >= 0.3 is 0 Å². The number of hydrogen-bond acceptors (Lipinski definition) is 3. The van der Waals surface area contributed by atoms with Crippen molar-refractivity contribution >= 4 is 5.91 Å². The molecule has 0 aromatic rings. The van der Waals surface area contributed by atoms with Crippen molar-refractivity contribution in [2.24, 2.45) is 5.41 Å². The van der Waals surface area contributed by atoms with E-state index in [4.69, 9.17) is 4.74 Å². The highest BCUT2D eigenvalue weighted by Crippen LogP contribution is 2.42. The summed E-state index contributed by atoms with van der Waals surface area (Å²) >= 11 is 0. The van der Waals surface area contributed by atoms with Crippen LogP contribution in [0.3, 0.4) is 0 Å². The predicted octanol–water partition coefficient (Wildman–Crippen LogP) is 1.79. The number of nitrogens with one attached hydrogen (secondary N) is 1. The van der Waals surface area contributed by atoms with Crippen LogP contribution >= 0.6 is 0 Å². The first-order valence-corrected chi connectivity index (χ1v) is 7.60. The lowest BCUT2D eigenvalue weighted by molar-refractivity contribution is -0.129. The summed E-state index contributed by atoms with van der Waals surface area (Å²) in [6, 6.07) is 0.852. The van der Waals surface area contributed by atoms with Crippen LogP contribution in [0.4, 0.5) is 0 Å². The van der Waals surface area contributed by atoms with E-state index in [1.807, 2.05) is 4.90 Å². The number of carbonyl (C=O) groups excluding carboxylic acids is 1. The third-order valence-corrected chi connectivity index (χ3v) is 4.70. The molecule has 0 aromatic heterocycles. The molecule has 1 saturated carbocycles. The summed E-state index contributed by atoms with van der Waals surface area (Å²) in [6.45, 7) is 11.3. The molecule has 1 N–H and O–H groups in total. The van der Waals surface area contributed by atoms with E-state index in [0.717, 1.165) is 39.0 Å². The standard InChI is InChI=1S/C15H28N2O2/c1-5-19-13-9-12(15(13,3)4)16-11(2)10-17-8-6-7-14(17)18/h11-13,16H,5-10H2,1-4H3. The third-order valence-electron chi connectivity index (χ3n) is 4.70. The van der Waals surface area contributed by atoms with Gasteiger partial charge in [0, 0.05) is 43.6 Å². The number of amides is 1. The van der Waals surface area contributed by atoms with E-state index in [-0.39, 0.29) is 5.41 Å². The summed E-state index contributed by atoms with van der Waals surface area (Å²) in [7, 11) is 0. The summed E-state index contributed by atoms with van der Waals surface area (Å²) in [4.78, 5) is 13.6. The number of rotatable bonds is 6. The lowest BCUT2D eigenvalue weighted by Crippen LogP contribution is -2.63. The number of hydrogen-bond donors (Lipinski definition) is 1. The molecule has 2 fully saturated rings. The van der Waals surface area contributed by atoms with Crippen molar-refractivity contribution < 1.29 is 9.53 Å². The summed E-state index contributed by atoms with van der Waals surface area (Å²) in [6.07, 6.45) is 3.20. The van der Waals surface area contributed by atoms with E-state index < -0.39 is 0 Å². The molecular formula is C15H28N2O2. The molecule has 1 saturated heterocycles. The van der Waals surface area contributed by atoms with Crippen LogP contribution in [0, 0.1) is 5.41 Å². The third kappa shape index (κ3) is 3.11. The summed E-state index contributed by atoms with van der Waals surface area (Å²) < 4.78 is 5.75. The molecule has 1 aliphatic carbocycles. The van der Waals surface area contributed by atoms with Crippen LogP contribution in [0.5, 0.6) is 0 Å². The molecule has 3 unspecified atom stereocenters. The van der Waals surface area contributed by atoms with Crippen molar-refractivity contribution in [2.45, 2.75) is 65.1 Å². The minimum absolute atomic E-state index is 0.194. The predicted molar refractivity (Wildman–Crippen MR) is 76.0 cm³/mol. The highest BCUT2D eigenvalue weighted by atomic mass is 16.5. The average Bonchev–Trinajstić information content (AvgIpc) is 2.74. The van der Waals surface area contributed by atoms with Crippen molar-refractivity contribution in [3.05, 3.63) is 0 Å². The van der Waals surface area contributed by atoms with Crippen LogP contribution in [0.15, 0.2) is 0 Å². The number of carbonyl (C=O) groups is 1. The Morgan fingerprint density at radius 3 is 2.79 bits per heavy atom. The van der Waals surface area contributed by atoms with Gasteiger partial charge in [-0.1, -0.05) is 13.8 Å². The topological polar surface area (TPSA) is 41.6 Å². The summed E-state index contributed by atoms with van der Waals surface area (Å²) in [5.74, 6) is 0.314. The van der Waals surface area contributed by atoms with E-state index >= 15 is 0 Å². The highest BCUT2D eigenvalue weighted by Gasteiger charge is 2.49. The van der Waals surface area contributed by atoms with E-state index in [1.165, 1.54) is 0 Å². The molecule has 1 heterocycles. The second kappa shape index (κ2) is 5.80. The molecular weight excluding hydrogens is 240 g/mol. The first-order chi connectivity index (χ1) is 8.95. The van der Waals surface area contributed by atoms with E-state index in [1.54, 1.807) is 0 Å². The minimum Gasteiger partial charge on any atom is -0.378 e. The van der Waals surface area contributed by atoms with Crippen LogP contribution in [-0.4, -0.2) is 48.7 Å². The molecule has 4 heteroatoms. The Morgan fingerprint density at radius 2 is 2.26 bits per heavy atom. The minimum atomic E-state index is 0.194. The monoisotopic (exact) mass is 268 g/mol. The zero-order chi connectivity index (χ0) is 14.0. The number of nitrogens with zero attached hydrogens (tertiary/aromatic N) is 1. The molecule has 0 bridgehead atoms. The average molecular weight is 268 g/mol. The molecule has 19 heavy (non-hydrogen) atoms. The van der Waals surface area contributed by atoms with Gasteiger partial charge < -0.3 is 15.0 Å². The van der Waals surface area contributed by atoms with Crippen LogP contribution in [0.25, 0.3) is 0 Å². The van der Waals surface area contributed by atoms with Crippen LogP contribution < -0.4 is 5.32 Å². The number of ether oxygens (including phenoxy) is 1. The zero-order valence-corrected chi connectivity index (χ0v) is 12.7. The molecule has 3 atom stereocenters. The Kier molecular flexibility index (Phi) is 4.51. The van der Waals surface area contributed by atoms with Gasteiger partial charge in [0.25, 0.3) is 0 Å². The molecule has 1 aliphatic heterocycles. The molecule has 0 spiro atoms. The van der Waals surface area contributed by atoms with Crippen LogP contribution in [-0.2, 0) is 9.53 Å². The van der Waals surface area contributed by atoms with Gasteiger partial charge in [-0.2, -0.15) is 0 Å². The van der Waals surface area contributed by atoms with Gasteiger partial charge in [-0.15, -0.1) is 0 Å². The molecule has 2 aliphatic rings. The Bertz CT molecular complexity index is 330. The van der Waals surface area contributed by atoms with Crippen molar-refractivity contribution in [2.75, 3.05) is 19.7 Å². The van der Waals surface area contributed by atoms with Gasteiger partial charge in [-0.25, -0.2) is 0 Å². The smallest absolute Gasteiger partial charge is 0.222 e. The van der Waals surface area contributed by atoms with Gasteiger partial charge in [0.15, 0.2) is 0 Å². The van der Waals surface area contributed by atoms with Crippen molar-refractivity contribution in [3.8, 4) is 0 Å². The molecule has 2 rings (SSSR count). The Morgan fingerprint density at radius 1 is 1.53 bits per heavy atom. The van der Waals surface area contributed by atoms with Crippen LogP contribution in [0.2, 0.25) is 0 Å². The first-order valence-electron chi connectivity index (χ1n) is 7.60. The maximum absolute atomic E-state index is 11.6. The van der Waals surface area contributed by atoms with E-state index in [0.29, 0.717) is 24.1 Å². The Labute approximate surface area is 116 Å². The summed E-state index contributed by atoms with van der Waals surface area (Å²) in [5, 5.41) is 3.67. The molecule has 0 radical (unpaired) electrons. The molecule has 0 aromatic carbocycles. The fraction of sp³-hybridized carbons (Fsp3) is 0.933. The molecule has 1 amide bonds. The van der Waals surface area contributed by atoms with Crippen molar-refractivity contribution in [1.29, 1.82) is 0 Å². The second-order valence-electron chi connectivity index (χ2n) is 6.56. The second-order valence-corrected chi connectivity index (χ2v) is 6.56. The molecule has 110 valence electrons. The molecule has 4 nitrogen and oxygen atoms in total. The van der Waals surface area contributed by atoms with Gasteiger partial charge in [0.1, 0.15) is 0 Å². The number of likely N-dealkylation sites (tertiary alicyclic amines) is 1. The SMILES string of the molecule is CCOC1CC(NC(C)CN2CCCC2=O)C1(C)C.